The van der Waals surface area contributed by atoms with Crippen LogP contribution >= 0.6 is 0 Å². The number of hydroxylamine groups is 6. The van der Waals surface area contributed by atoms with Crippen molar-refractivity contribution in [2.75, 3.05) is 39.0 Å². The molecule has 204 valence electrons. The van der Waals surface area contributed by atoms with E-state index >= 15 is 4.39 Å². The Bertz CT molecular complexity index is 1580. The van der Waals surface area contributed by atoms with Gasteiger partial charge in [0.25, 0.3) is 0 Å². The number of hydrogen-bond acceptors (Lipinski definition) is 7. The van der Waals surface area contributed by atoms with Gasteiger partial charge in [0.05, 0.1) is 38.0 Å². The first-order valence-corrected chi connectivity index (χ1v) is 13.1. The summed E-state index contributed by atoms with van der Waals surface area (Å²) >= 11 is 0. The Morgan fingerprint density at radius 1 is 1.13 bits per heavy atom. The molecule has 0 amide bonds. The summed E-state index contributed by atoms with van der Waals surface area (Å²) in [6.07, 6.45) is 3.54. The summed E-state index contributed by atoms with van der Waals surface area (Å²) in [5.74, 6) is 0.106. The highest BCUT2D eigenvalue weighted by Crippen LogP contribution is 2.40. The largest absolute Gasteiger partial charge is 0.633 e. The molecule has 3 aromatic heterocycles. The summed E-state index contributed by atoms with van der Waals surface area (Å²) in [4.78, 5) is 17.4. The number of likely N-dealkylation sites (N-methyl/N-ethyl adjacent to an activating group) is 1. The van der Waals surface area contributed by atoms with Gasteiger partial charge in [0.15, 0.2) is 11.6 Å². The van der Waals surface area contributed by atoms with Gasteiger partial charge < -0.3 is 29.6 Å². The maximum Gasteiger partial charge on any atom is 0.229 e. The Balaban J connectivity index is 1.25. The van der Waals surface area contributed by atoms with Crippen LogP contribution in [0.3, 0.4) is 0 Å². The van der Waals surface area contributed by atoms with Gasteiger partial charge in [-0.15, -0.1) is 0 Å². The molecule has 1 unspecified atom stereocenters. The van der Waals surface area contributed by atoms with Gasteiger partial charge in [-0.3, -0.25) is 0 Å². The van der Waals surface area contributed by atoms with Crippen LogP contribution in [0.25, 0.3) is 22.3 Å². The second-order valence-electron chi connectivity index (χ2n) is 11.1. The van der Waals surface area contributed by atoms with Crippen LogP contribution in [0.15, 0.2) is 30.5 Å². The van der Waals surface area contributed by atoms with Gasteiger partial charge in [0, 0.05) is 23.6 Å². The third-order valence-electron chi connectivity index (χ3n) is 7.42. The number of fused-ring (bicyclic) bond motifs is 2. The molecular weight excluding hydrogens is 506 g/mol. The second kappa shape index (κ2) is 9.26. The normalized spacial score (nSPS) is 19.4. The summed E-state index contributed by atoms with van der Waals surface area (Å²) in [7, 11) is 3.07. The zero-order valence-corrected chi connectivity index (χ0v) is 22.1. The number of rotatable bonds is 7. The van der Waals surface area contributed by atoms with Gasteiger partial charge in [0.2, 0.25) is 5.95 Å². The van der Waals surface area contributed by atoms with Gasteiger partial charge in [-0.2, -0.15) is 0 Å². The van der Waals surface area contributed by atoms with E-state index in [-0.39, 0.29) is 42.8 Å². The van der Waals surface area contributed by atoms with Gasteiger partial charge >= 0.3 is 0 Å². The highest BCUT2D eigenvalue weighted by molar-refractivity contribution is 5.83. The number of pyridine rings is 1. The number of aromatic nitrogens is 5. The maximum atomic E-state index is 15.0. The summed E-state index contributed by atoms with van der Waals surface area (Å²) in [6.45, 7) is 2.93. The van der Waals surface area contributed by atoms with E-state index in [9.17, 15) is 14.8 Å². The summed E-state index contributed by atoms with van der Waals surface area (Å²) < 4.78 is 30.9. The molecule has 39 heavy (non-hydrogen) atoms. The average Bonchev–Trinajstić information content (AvgIpc) is 3.65. The van der Waals surface area contributed by atoms with Gasteiger partial charge in [-0.1, -0.05) is 0 Å². The summed E-state index contributed by atoms with van der Waals surface area (Å²) in [6, 6.07) is 6.82. The van der Waals surface area contributed by atoms with E-state index in [0.717, 1.165) is 36.1 Å². The van der Waals surface area contributed by atoms with Crippen LogP contribution in [0.1, 0.15) is 36.0 Å². The third kappa shape index (κ3) is 5.20. The molecule has 1 N–H and O–H groups in total. The lowest BCUT2D eigenvalue weighted by Crippen LogP contribution is -2.51. The zero-order valence-electron chi connectivity index (χ0n) is 22.1. The summed E-state index contributed by atoms with van der Waals surface area (Å²) in [5, 5.41) is 28.1. The van der Waals surface area contributed by atoms with E-state index in [1.165, 1.54) is 20.2 Å². The van der Waals surface area contributed by atoms with Crippen LogP contribution in [0.2, 0.25) is 0 Å². The van der Waals surface area contributed by atoms with Crippen LogP contribution in [-0.4, -0.2) is 67.5 Å². The van der Waals surface area contributed by atoms with Crippen molar-refractivity contribution in [3.05, 3.63) is 69.6 Å². The number of nitrogens with one attached hydrogen (secondary N) is 1. The van der Waals surface area contributed by atoms with Crippen molar-refractivity contribution >= 4 is 22.8 Å². The molecule has 1 saturated carbocycles. The van der Waals surface area contributed by atoms with E-state index in [1.54, 1.807) is 12.1 Å². The Hall–Kier alpha value is -3.58. The smallest absolute Gasteiger partial charge is 0.229 e. The Kier molecular flexibility index (Phi) is 6.10. The molecule has 2 aliphatic rings. The van der Waals surface area contributed by atoms with E-state index in [2.05, 4.69) is 25.3 Å². The maximum absolute atomic E-state index is 15.0. The Morgan fingerprint density at radius 2 is 1.92 bits per heavy atom. The number of imidazole rings is 1. The fraction of sp³-hybridized carbons (Fsp3) is 0.407. The van der Waals surface area contributed by atoms with E-state index in [1.807, 2.05) is 17.6 Å². The number of benzene rings is 1. The number of aryl methyl sites for hydroxylation is 1. The van der Waals surface area contributed by atoms with Crippen molar-refractivity contribution < 1.29 is 18.1 Å². The SMILES string of the molecule is Cc1nc2c(F)cc(-c3nc(Nc4ccc5c(n4)CC[N+]([O-])(CC[N+](C)(C)[O-])C5)ncc3F)cc2n1C1CC1. The summed E-state index contributed by atoms with van der Waals surface area (Å²) in [5.41, 5.74) is 2.79. The molecule has 4 heterocycles. The number of halogens is 2. The van der Waals surface area contributed by atoms with Crippen LogP contribution in [0.5, 0.6) is 0 Å². The van der Waals surface area contributed by atoms with Crippen LogP contribution < -0.4 is 5.32 Å². The van der Waals surface area contributed by atoms with Gasteiger partial charge in [-0.25, -0.2) is 28.7 Å². The number of anilines is 2. The first-order valence-electron chi connectivity index (χ1n) is 13.1. The van der Waals surface area contributed by atoms with Crippen LogP contribution in [0, 0.1) is 29.0 Å². The van der Waals surface area contributed by atoms with Gasteiger partial charge in [0.1, 0.15) is 42.5 Å². The number of quaternary nitrogens is 2. The molecule has 1 aliphatic heterocycles. The molecule has 0 saturated heterocycles. The number of nitrogens with zero attached hydrogens (tertiary/aromatic N) is 7. The van der Waals surface area contributed by atoms with Crippen LogP contribution in [-0.2, 0) is 13.0 Å². The lowest BCUT2D eigenvalue weighted by atomic mass is 10.1. The number of hydrogen-bond donors (Lipinski definition) is 1. The lowest BCUT2D eigenvalue weighted by molar-refractivity contribution is -0.930. The fourth-order valence-corrected chi connectivity index (χ4v) is 5.22. The van der Waals surface area contributed by atoms with Crippen molar-refractivity contribution in [1.82, 2.24) is 24.5 Å². The third-order valence-corrected chi connectivity index (χ3v) is 7.42. The van der Waals surface area contributed by atoms with Crippen molar-refractivity contribution in [2.45, 2.75) is 38.8 Å². The highest BCUT2D eigenvalue weighted by Gasteiger charge is 2.29. The average molecular weight is 537 g/mol. The molecule has 1 aliphatic carbocycles. The van der Waals surface area contributed by atoms with E-state index < -0.39 is 20.9 Å². The molecule has 0 radical (unpaired) electrons. The standard InChI is InChI=1S/C27H30F2N8O2/c1-16-31-26-20(28)12-18(13-23(26)35(16)19-5-6-19)25-21(29)14-30-27(34-25)33-24-7-4-17-15-37(39,9-8-22(17)32-24)11-10-36(2,3)38/h4,7,12-14,19H,5-6,8-11,15H2,1-3H3,(H,30,32,33,34). The minimum Gasteiger partial charge on any atom is -0.633 e. The molecule has 10 nitrogen and oxygen atoms in total. The molecular formula is C27H30F2N8O2. The first-order chi connectivity index (χ1) is 18.5. The minimum absolute atomic E-state index is 0.0272. The van der Waals surface area contributed by atoms with Crippen molar-refractivity contribution in [1.29, 1.82) is 0 Å². The lowest BCUT2D eigenvalue weighted by Gasteiger charge is -2.47. The van der Waals surface area contributed by atoms with Crippen molar-refractivity contribution in [2.24, 2.45) is 0 Å². The topological polar surface area (TPSA) is 115 Å². The highest BCUT2D eigenvalue weighted by atomic mass is 19.1. The minimum atomic E-state index is -0.670. The second-order valence-corrected chi connectivity index (χ2v) is 11.1. The zero-order chi connectivity index (χ0) is 27.5. The molecule has 0 bridgehead atoms. The Morgan fingerprint density at radius 3 is 2.67 bits per heavy atom. The van der Waals surface area contributed by atoms with E-state index in [0.29, 0.717) is 29.9 Å². The Labute approximate surface area is 224 Å². The quantitative estimate of drug-likeness (QED) is 0.210. The molecule has 1 atom stereocenters. The molecule has 1 fully saturated rings. The van der Waals surface area contributed by atoms with Gasteiger partial charge in [-0.05, 0) is 44.0 Å². The molecule has 0 spiro atoms. The van der Waals surface area contributed by atoms with E-state index in [4.69, 9.17) is 0 Å². The predicted molar refractivity (Wildman–Crippen MR) is 142 cm³/mol. The fourth-order valence-electron chi connectivity index (χ4n) is 5.22. The van der Waals surface area contributed by atoms with Crippen LogP contribution in [0.4, 0.5) is 20.5 Å². The molecule has 12 heteroatoms. The molecule has 6 rings (SSSR count). The van der Waals surface area contributed by atoms with Crippen molar-refractivity contribution in [3.8, 4) is 11.3 Å². The molecule has 4 aromatic rings. The van der Waals surface area contributed by atoms with Crippen molar-refractivity contribution in [3.63, 3.8) is 0 Å². The molecule has 1 aromatic carbocycles. The predicted octanol–water partition coefficient (Wildman–Crippen LogP) is 4.50. The first kappa shape index (κ1) is 25.7. The monoisotopic (exact) mass is 536 g/mol.